The van der Waals surface area contributed by atoms with Crippen LogP contribution in [-0.2, 0) is 0 Å². The molecule has 0 aromatic heterocycles. The summed E-state index contributed by atoms with van der Waals surface area (Å²) >= 11 is 0. The zero-order valence-corrected chi connectivity index (χ0v) is 20.0. The van der Waals surface area contributed by atoms with Gasteiger partial charge >= 0.3 is 0 Å². The largest absolute Gasteiger partial charge is 0.497 e. The number of ether oxygens (including phenoxy) is 1. The van der Waals surface area contributed by atoms with E-state index < -0.39 is 8.07 Å². The molecule has 0 heterocycles. The van der Waals surface area contributed by atoms with Crippen LogP contribution in [0.1, 0.15) is 16.7 Å². The van der Waals surface area contributed by atoms with Gasteiger partial charge in [-0.25, -0.2) is 8.78 Å². The molecule has 4 rings (SSSR count). The molecule has 0 radical (unpaired) electrons. The third-order valence-electron chi connectivity index (χ3n) is 5.99. The third kappa shape index (κ3) is 4.81. The molecule has 33 heavy (non-hydrogen) atoms. The standard InChI is InChI=1S/C29H26F2OSi/c1-32-26-9-7-8-23(20-26)28(21-12-16-24(30)17-13-21)29(22-14-18-25(31)19-15-22)33(2,3)27-10-5-4-6-11-27/h4-20H,1-3H3/b29-28-. The van der Waals surface area contributed by atoms with Gasteiger partial charge in [0.05, 0.1) is 7.11 Å². The summed E-state index contributed by atoms with van der Waals surface area (Å²) < 4.78 is 33.3. The number of methoxy groups -OCH3 is 1. The van der Waals surface area contributed by atoms with Crippen molar-refractivity contribution in [2.24, 2.45) is 0 Å². The van der Waals surface area contributed by atoms with Crippen LogP contribution in [0.3, 0.4) is 0 Å². The van der Waals surface area contributed by atoms with Gasteiger partial charge in [-0.3, -0.25) is 0 Å². The van der Waals surface area contributed by atoms with Gasteiger partial charge in [-0.05, 0) is 63.9 Å². The number of halogens is 2. The molecule has 0 aliphatic heterocycles. The molecule has 0 bridgehead atoms. The van der Waals surface area contributed by atoms with Crippen molar-refractivity contribution in [1.29, 1.82) is 0 Å². The Kier molecular flexibility index (Phi) is 6.56. The lowest BCUT2D eigenvalue weighted by molar-refractivity contribution is 0.414. The molecule has 0 atom stereocenters. The van der Waals surface area contributed by atoms with Gasteiger partial charge in [-0.1, -0.05) is 85.0 Å². The van der Waals surface area contributed by atoms with Crippen LogP contribution in [0.5, 0.6) is 5.75 Å². The fourth-order valence-corrected chi connectivity index (χ4v) is 7.40. The Labute approximate surface area is 195 Å². The van der Waals surface area contributed by atoms with Crippen LogP contribution in [0.15, 0.2) is 103 Å². The molecule has 4 aromatic carbocycles. The van der Waals surface area contributed by atoms with E-state index in [2.05, 4.69) is 37.4 Å². The van der Waals surface area contributed by atoms with Crippen molar-refractivity contribution < 1.29 is 13.5 Å². The lowest BCUT2D eigenvalue weighted by atomic mass is 9.95. The zero-order chi connectivity index (χ0) is 23.4. The van der Waals surface area contributed by atoms with E-state index in [9.17, 15) is 8.78 Å². The van der Waals surface area contributed by atoms with Crippen molar-refractivity contribution in [2.45, 2.75) is 13.1 Å². The van der Waals surface area contributed by atoms with Crippen molar-refractivity contribution in [3.05, 3.63) is 131 Å². The van der Waals surface area contributed by atoms with Crippen molar-refractivity contribution >= 4 is 24.0 Å². The van der Waals surface area contributed by atoms with E-state index in [0.29, 0.717) is 0 Å². The highest BCUT2D eigenvalue weighted by Crippen LogP contribution is 2.39. The lowest BCUT2D eigenvalue weighted by Gasteiger charge is -2.31. The summed E-state index contributed by atoms with van der Waals surface area (Å²) in [7, 11) is -0.671. The Hall–Kier alpha value is -3.50. The molecule has 4 aromatic rings. The molecule has 0 aliphatic carbocycles. The molecule has 0 amide bonds. The van der Waals surface area contributed by atoms with Crippen LogP contribution in [0.4, 0.5) is 8.78 Å². The van der Waals surface area contributed by atoms with E-state index in [4.69, 9.17) is 4.74 Å². The predicted octanol–water partition coefficient (Wildman–Crippen LogP) is 7.09. The summed E-state index contributed by atoms with van der Waals surface area (Å²) in [5.41, 5.74) is 3.83. The average Bonchev–Trinajstić information content (AvgIpc) is 2.84. The minimum absolute atomic E-state index is 0.276. The van der Waals surface area contributed by atoms with Crippen LogP contribution >= 0.6 is 0 Å². The molecule has 0 aliphatic rings. The van der Waals surface area contributed by atoms with E-state index in [1.807, 2.05) is 54.6 Å². The Morgan fingerprint density at radius 2 is 1.21 bits per heavy atom. The maximum atomic E-state index is 13.9. The molecule has 4 heteroatoms. The van der Waals surface area contributed by atoms with E-state index in [1.54, 1.807) is 7.11 Å². The second-order valence-corrected chi connectivity index (χ2v) is 12.8. The topological polar surface area (TPSA) is 9.23 Å². The van der Waals surface area contributed by atoms with Gasteiger partial charge in [0.2, 0.25) is 0 Å². The smallest absolute Gasteiger partial charge is 0.123 e. The van der Waals surface area contributed by atoms with E-state index in [-0.39, 0.29) is 11.6 Å². The van der Waals surface area contributed by atoms with Crippen molar-refractivity contribution in [3.63, 3.8) is 0 Å². The Bertz CT molecular complexity index is 1260. The van der Waals surface area contributed by atoms with Gasteiger partial charge in [-0.15, -0.1) is 0 Å². The van der Waals surface area contributed by atoms with Gasteiger partial charge in [-0.2, -0.15) is 0 Å². The Morgan fingerprint density at radius 1 is 0.636 bits per heavy atom. The van der Waals surface area contributed by atoms with Crippen molar-refractivity contribution in [3.8, 4) is 5.75 Å². The monoisotopic (exact) mass is 456 g/mol. The molecule has 1 nitrogen and oxygen atoms in total. The first kappa shape index (κ1) is 22.7. The van der Waals surface area contributed by atoms with Gasteiger partial charge in [0.15, 0.2) is 0 Å². The minimum atomic E-state index is -2.31. The SMILES string of the molecule is COc1cccc(/C(=C(/c2ccc(F)cc2)[Si](C)(C)c2ccccc2)c2ccc(F)cc2)c1. The average molecular weight is 457 g/mol. The molecular formula is C29H26F2OSi. The summed E-state index contributed by atoms with van der Waals surface area (Å²) in [5, 5.41) is 2.40. The number of hydrogen-bond acceptors (Lipinski definition) is 1. The Morgan fingerprint density at radius 3 is 1.79 bits per heavy atom. The van der Waals surface area contributed by atoms with Crippen molar-refractivity contribution in [2.75, 3.05) is 7.11 Å². The summed E-state index contributed by atoms with van der Waals surface area (Å²) in [6.07, 6.45) is 0. The zero-order valence-electron chi connectivity index (χ0n) is 19.0. The number of hydrogen-bond donors (Lipinski definition) is 0. The van der Waals surface area contributed by atoms with Gasteiger partial charge < -0.3 is 4.74 Å². The predicted molar refractivity (Wildman–Crippen MR) is 135 cm³/mol. The van der Waals surface area contributed by atoms with Crippen LogP contribution < -0.4 is 9.92 Å². The second-order valence-electron chi connectivity index (χ2n) is 8.49. The summed E-state index contributed by atoms with van der Waals surface area (Å²) in [6.45, 7) is 4.59. The second kappa shape index (κ2) is 9.55. The quantitative estimate of drug-likeness (QED) is 0.222. The fourth-order valence-electron chi connectivity index (χ4n) is 4.28. The fraction of sp³-hybridized carbons (Fsp3) is 0.103. The highest BCUT2D eigenvalue weighted by Gasteiger charge is 2.33. The first-order chi connectivity index (χ1) is 15.9. The van der Waals surface area contributed by atoms with Crippen LogP contribution in [0, 0.1) is 11.6 Å². The highest BCUT2D eigenvalue weighted by atomic mass is 28.3. The highest BCUT2D eigenvalue weighted by molar-refractivity contribution is 7.05. The van der Waals surface area contributed by atoms with Crippen LogP contribution in [-0.4, -0.2) is 15.2 Å². The maximum absolute atomic E-state index is 13.9. The first-order valence-corrected chi connectivity index (χ1v) is 13.9. The lowest BCUT2D eigenvalue weighted by Crippen LogP contribution is -2.43. The minimum Gasteiger partial charge on any atom is -0.497 e. The number of benzene rings is 4. The molecule has 0 unspecified atom stereocenters. The first-order valence-electron chi connectivity index (χ1n) is 10.9. The van der Waals surface area contributed by atoms with E-state index in [1.165, 1.54) is 29.5 Å². The molecule has 0 fully saturated rings. The maximum Gasteiger partial charge on any atom is 0.123 e. The van der Waals surface area contributed by atoms with E-state index >= 15 is 0 Å². The molecule has 0 N–H and O–H groups in total. The van der Waals surface area contributed by atoms with Gasteiger partial charge in [0.1, 0.15) is 25.5 Å². The normalized spacial score (nSPS) is 12.3. The summed E-state index contributed by atoms with van der Waals surface area (Å²) in [4.78, 5) is 0. The Balaban J connectivity index is 2.12. The van der Waals surface area contributed by atoms with E-state index in [0.717, 1.165) is 33.2 Å². The molecule has 0 saturated heterocycles. The van der Waals surface area contributed by atoms with Gasteiger partial charge in [0, 0.05) is 0 Å². The molecular weight excluding hydrogens is 430 g/mol. The summed E-state index contributed by atoms with van der Waals surface area (Å²) in [5.74, 6) is 0.179. The summed E-state index contributed by atoms with van der Waals surface area (Å²) in [6, 6.07) is 31.6. The molecule has 166 valence electrons. The van der Waals surface area contributed by atoms with Crippen LogP contribution in [0.2, 0.25) is 13.1 Å². The molecule has 0 saturated carbocycles. The van der Waals surface area contributed by atoms with Gasteiger partial charge in [0.25, 0.3) is 0 Å². The molecule has 0 spiro atoms. The van der Waals surface area contributed by atoms with Crippen molar-refractivity contribution in [1.82, 2.24) is 0 Å². The van der Waals surface area contributed by atoms with Crippen LogP contribution in [0.25, 0.3) is 10.8 Å². The number of rotatable bonds is 6. The third-order valence-corrected chi connectivity index (χ3v) is 9.56.